The third-order valence-corrected chi connectivity index (χ3v) is 2.19. The number of benzene rings is 1. The zero-order valence-electron chi connectivity index (χ0n) is 8.29. The molecule has 3 nitrogen and oxygen atoms in total. The van der Waals surface area contributed by atoms with E-state index in [9.17, 15) is 4.79 Å². The number of para-hydroxylation sites is 1. The van der Waals surface area contributed by atoms with Gasteiger partial charge in [0.15, 0.2) is 0 Å². The molecule has 0 radical (unpaired) electrons. The molecule has 1 heterocycles. The van der Waals surface area contributed by atoms with E-state index < -0.39 is 0 Å². The van der Waals surface area contributed by atoms with Gasteiger partial charge in [-0.3, -0.25) is 4.79 Å². The van der Waals surface area contributed by atoms with Crippen LogP contribution in [0.2, 0.25) is 0 Å². The van der Waals surface area contributed by atoms with Crippen molar-refractivity contribution in [1.29, 1.82) is 0 Å². The average Bonchev–Trinajstić information content (AvgIpc) is 2.26. The predicted octanol–water partition coefficient (Wildman–Crippen LogP) is 2.13. The fourth-order valence-electron chi connectivity index (χ4n) is 1.46. The van der Waals surface area contributed by atoms with E-state index in [1.807, 2.05) is 30.3 Å². The number of aromatic nitrogens is 1. The van der Waals surface area contributed by atoms with E-state index in [4.69, 9.17) is 0 Å². The van der Waals surface area contributed by atoms with Gasteiger partial charge in [0, 0.05) is 17.4 Å². The molecule has 1 aromatic heterocycles. The Labute approximate surface area is 87.4 Å². The monoisotopic (exact) mass is 200 g/mol. The maximum absolute atomic E-state index is 11.6. The lowest BCUT2D eigenvalue weighted by molar-refractivity contribution is 1.25. The van der Waals surface area contributed by atoms with Gasteiger partial charge in [-0.25, -0.2) is 0 Å². The van der Waals surface area contributed by atoms with Crippen LogP contribution in [-0.4, -0.2) is 11.5 Å². The molecule has 2 rings (SSSR count). The Morgan fingerprint density at radius 3 is 3.00 bits per heavy atom. The Morgan fingerprint density at radius 1 is 1.40 bits per heavy atom. The van der Waals surface area contributed by atoms with Crippen LogP contribution in [0.1, 0.15) is 0 Å². The predicted molar refractivity (Wildman–Crippen MR) is 63.3 cm³/mol. The van der Waals surface area contributed by atoms with Gasteiger partial charge in [0.1, 0.15) is 5.69 Å². The summed E-state index contributed by atoms with van der Waals surface area (Å²) in [5.74, 6) is 0. The quantitative estimate of drug-likeness (QED) is 0.745. The minimum Gasteiger partial charge on any atom is -0.377 e. The first kappa shape index (κ1) is 9.52. The molecule has 0 spiro atoms. The van der Waals surface area contributed by atoms with Gasteiger partial charge in [-0.2, -0.15) is 0 Å². The normalized spacial score (nSPS) is 10.1. The summed E-state index contributed by atoms with van der Waals surface area (Å²) in [6, 6.07) is 9.53. The van der Waals surface area contributed by atoms with Crippen molar-refractivity contribution >= 4 is 16.6 Å². The molecule has 2 aromatic rings. The van der Waals surface area contributed by atoms with Crippen molar-refractivity contribution in [2.75, 3.05) is 11.9 Å². The van der Waals surface area contributed by atoms with Crippen LogP contribution in [0.5, 0.6) is 0 Å². The van der Waals surface area contributed by atoms with Gasteiger partial charge in [0.2, 0.25) is 0 Å². The van der Waals surface area contributed by atoms with Crippen LogP contribution in [0, 0.1) is 0 Å². The molecule has 0 aliphatic carbocycles. The SMILES string of the molecule is C=CCNc1cc2ccccc2[nH]c1=O. The fraction of sp³-hybridized carbons (Fsp3) is 0.0833. The highest BCUT2D eigenvalue weighted by molar-refractivity contribution is 5.81. The molecule has 0 atom stereocenters. The van der Waals surface area contributed by atoms with Gasteiger partial charge in [-0.15, -0.1) is 6.58 Å². The highest BCUT2D eigenvalue weighted by atomic mass is 16.1. The van der Waals surface area contributed by atoms with Gasteiger partial charge in [-0.05, 0) is 12.1 Å². The van der Waals surface area contributed by atoms with Gasteiger partial charge in [-0.1, -0.05) is 24.3 Å². The topological polar surface area (TPSA) is 44.9 Å². The number of rotatable bonds is 3. The molecule has 0 amide bonds. The van der Waals surface area contributed by atoms with Crippen LogP contribution >= 0.6 is 0 Å². The highest BCUT2D eigenvalue weighted by Gasteiger charge is 2.00. The second-order valence-corrected chi connectivity index (χ2v) is 3.27. The van der Waals surface area contributed by atoms with E-state index in [2.05, 4.69) is 16.9 Å². The lowest BCUT2D eigenvalue weighted by Crippen LogP contribution is -2.13. The number of anilines is 1. The smallest absolute Gasteiger partial charge is 0.271 e. The zero-order valence-corrected chi connectivity index (χ0v) is 8.29. The number of hydrogen-bond donors (Lipinski definition) is 2. The third kappa shape index (κ3) is 1.91. The van der Waals surface area contributed by atoms with E-state index in [0.29, 0.717) is 12.2 Å². The zero-order chi connectivity index (χ0) is 10.7. The standard InChI is InChI=1S/C12H12N2O/c1-2-7-13-11-8-9-5-3-4-6-10(9)14-12(11)15/h2-6,8,13H,1,7H2,(H,14,15). The summed E-state index contributed by atoms with van der Waals surface area (Å²) in [5.41, 5.74) is 1.33. The van der Waals surface area contributed by atoms with E-state index in [1.165, 1.54) is 0 Å². The van der Waals surface area contributed by atoms with E-state index in [1.54, 1.807) is 6.08 Å². The number of hydrogen-bond acceptors (Lipinski definition) is 2. The molecule has 2 N–H and O–H groups in total. The number of fused-ring (bicyclic) bond motifs is 1. The second kappa shape index (κ2) is 4.00. The summed E-state index contributed by atoms with van der Waals surface area (Å²) in [4.78, 5) is 14.4. The lowest BCUT2D eigenvalue weighted by atomic mass is 10.2. The van der Waals surface area contributed by atoms with Crippen molar-refractivity contribution in [3.05, 3.63) is 53.3 Å². The van der Waals surface area contributed by atoms with Crippen LogP contribution in [0.3, 0.4) is 0 Å². The summed E-state index contributed by atoms with van der Waals surface area (Å²) >= 11 is 0. The minimum atomic E-state index is -0.101. The Morgan fingerprint density at radius 2 is 2.20 bits per heavy atom. The van der Waals surface area contributed by atoms with E-state index >= 15 is 0 Å². The molecule has 15 heavy (non-hydrogen) atoms. The van der Waals surface area contributed by atoms with Crippen molar-refractivity contribution in [3.8, 4) is 0 Å². The molecule has 0 unspecified atom stereocenters. The molecule has 0 saturated carbocycles. The Balaban J connectivity index is 2.52. The summed E-state index contributed by atoms with van der Waals surface area (Å²) in [5, 5.41) is 4.01. The Kier molecular flexibility index (Phi) is 2.54. The summed E-state index contributed by atoms with van der Waals surface area (Å²) < 4.78 is 0. The number of pyridine rings is 1. The number of aromatic amines is 1. The Bertz CT molecular complexity index is 543. The van der Waals surface area contributed by atoms with Gasteiger partial charge in [0.05, 0.1) is 0 Å². The Hall–Kier alpha value is -2.03. The third-order valence-electron chi connectivity index (χ3n) is 2.19. The highest BCUT2D eigenvalue weighted by Crippen LogP contribution is 2.12. The summed E-state index contributed by atoms with van der Waals surface area (Å²) in [6.07, 6.45) is 1.72. The number of nitrogens with one attached hydrogen (secondary N) is 2. The van der Waals surface area contributed by atoms with Crippen molar-refractivity contribution < 1.29 is 0 Å². The summed E-state index contributed by atoms with van der Waals surface area (Å²) in [6.45, 7) is 4.18. The van der Waals surface area contributed by atoms with Crippen molar-refractivity contribution in [3.63, 3.8) is 0 Å². The minimum absolute atomic E-state index is 0.101. The lowest BCUT2D eigenvalue weighted by Gasteiger charge is -2.03. The molecule has 0 aliphatic rings. The van der Waals surface area contributed by atoms with Crippen LogP contribution in [-0.2, 0) is 0 Å². The average molecular weight is 200 g/mol. The van der Waals surface area contributed by atoms with Crippen LogP contribution in [0.4, 0.5) is 5.69 Å². The van der Waals surface area contributed by atoms with Crippen LogP contribution in [0.25, 0.3) is 10.9 Å². The molecular weight excluding hydrogens is 188 g/mol. The van der Waals surface area contributed by atoms with Gasteiger partial charge in [0.25, 0.3) is 5.56 Å². The largest absolute Gasteiger partial charge is 0.377 e. The van der Waals surface area contributed by atoms with Gasteiger partial charge < -0.3 is 10.3 Å². The molecule has 0 bridgehead atoms. The summed E-state index contributed by atoms with van der Waals surface area (Å²) in [7, 11) is 0. The number of H-pyrrole nitrogens is 1. The maximum Gasteiger partial charge on any atom is 0.271 e. The van der Waals surface area contributed by atoms with E-state index in [0.717, 1.165) is 10.9 Å². The van der Waals surface area contributed by atoms with Crippen molar-refractivity contribution in [1.82, 2.24) is 4.98 Å². The molecular formula is C12H12N2O. The molecule has 0 fully saturated rings. The van der Waals surface area contributed by atoms with Crippen molar-refractivity contribution in [2.45, 2.75) is 0 Å². The van der Waals surface area contributed by atoms with Crippen LogP contribution < -0.4 is 10.9 Å². The van der Waals surface area contributed by atoms with Crippen molar-refractivity contribution in [2.24, 2.45) is 0 Å². The maximum atomic E-state index is 11.6. The van der Waals surface area contributed by atoms with Crippen LogP contribution in [0.15, 0.2) is 47.8 Å². The van der Waals surface area contributed by atoms with Gasteiger partial charge >= 0.3 is 0 Å². The first-order chi connectivity index (χ1) is 7.31. The fourth-order valence-corrected chi connectivity index (χ4v) is 1.46. The first-order valence-corrected chi connectivity index (χ1v) is 4.78. The molecule has 3 heteroatoms. The molecule has 76 valence electrons. The molecule has 0 saturated heterocycles. The second-order valence-electron chi connectivity index (χ2n) is 3.27. The molecule has 0 aliphatic heterocycles. The first-order valence-electron chi connectivity index (χ1n) is 4.78. The molecule has 1 aromatic carbocycles. The van der Waals surface area contributed by atoms with E-state index in [-0.39, 0.29) is 5.56 Å².